The minimum absolute atomic E-state index is 0.0294. The molecular formula is C34H46N2O6. The molecule has 0 spiro atoms. The summed E-state index contributed by atoms with van der Waals surface area (Å²) in [5, 5.41) is 12.0. The van der Waals surface area contributed by atoms with E-state index in [1.54, 1.807) is 0 Å². The van der Waals surface area contributed by atoms with Gasteiger partial charge in [-0.1, -0.05) is 48.5 Å². The SMILES string of the molecule is CC(C)(C)OC(=O)N[C@H]1CC[C@H](N(C(=O)OC(C)(C)C)[C@@H]2C[C@H]2c2ccc(-c3cccc(CCC(=O)O)c3)cc2)CC1. The van der Waals surface area contributed by atoms with Gasteiger partial charge >= 0.3 is 18.2 Å². The molecule has 0 radical (unpaired) electrons. The highest BCUT2D eigenvalue weighted by Crippen LogP contribution is 2.47. The molecule has 8 heteroatoms. The van der Waals surface area contributed by atoms with Gasteiger partial charge in [0, 0.05) is 30.5 Å². The van der Waals surface area contributed by atoms with Crippen LogP contribution in [0.3, 0.4) is 0 Å². The first-order chi connectivity index (χ1) is 19.7. The van der Waals surface area contributed by atoms with Crippen LogP contribution in [0, 0.1) is 0 Å². The molecule has 2 N–H and O–H groups in total. The Bertz CT molecular complexity index is 1250. The fraction of sp³-hybridized carbons (Fsp3) is 0.559. The number of carbonyl (C=O) groups excluding carboxylic acids is 2. The number of aryl methyl sites for hydroxylation is 1. The summed E-state index contributed by atoms with van der Waals surface area (Å²) in [6.45, 7) is 11.2. The second-order valence-electron chi connectivity index (χ2n) is 13.7. The number of aliphatic carboxylic acids is 1. The van der Waals surface area contributed by atoms with Crippen LogP contribution in [0.25, 0.3) is 11.1 Å². The monoisotopic (exact) mass is 578 g/mol. The highest BCUT2D eigenvalue weighted by atomic mass is 16.6. The van der Waals surface area contributed by atoms with Crippen LogP contribution in [0.4, 0.5) is 9.59 Å². The number of rotatable bonds is 8. The van der Waals surface area contributed by atoms with Crippen LogP contribution in [0.2, 0.25) is 0 Å². The first-order valence-corrected chi connectivity index (χ1v) is 15.1. The Balaban J connectivity index is 1.42. The third kappa shape index (κ3) is 8.97. The van der Waals surface area contributed by atoms with Gasteiger partial charge in [0.1, 0.15) is 11.2 Å². The molecule has 2 atom stereocenters. The van der Waals surface area contributed by atoms with Crippen molar-refractivity contribution in [2.45, 2.75) is 122 Å². The molecule has 0 saturated heterocycles. The van der Waals surface area contributed by atoms with E-state index in [9.17, 15) is 14.4 Å². The van der Waals surface area contributed by atoms with Crippen LogP contribution < -0.4 is 5.32 Å². The zero-order chi connectivity index (χ0) is 30.7. The maximum Gasteiger partial charge on any atom is 0.410 e. The normalized spacial score (nSPS) is 22.1. The van der Waals surface area contributed by atoms with Crippen LogP contribution in [0.1, 0.15) is 97.1 Å². The molecular weight excluding hydrogens is 532 g/mol. The van der Waals surface area contributed by atoms with Gasteiger partial charge in [-0.3, -0.25) is 4.79 Å². The van der Waals surface area contributed by atoms with Gasteiger partial charge in [0.25, 0.3) is 0 Å². The summed E-state index contributed by atoms with van der Waals surface area (Å²) in [6.07, 6.45) is 3.98. The summed E-state index contributed by atoms with van der Waals surface area (Å²) in [5.41, 5.74) is 3.21. The number of alkyl carbamates (subject to hydrolysis) is 1. The lowest BCUT2D eigenvalue weighted by Gasteiger charge is -2.38. The summed E-state index contributed by atoms with van der Waals surface area (Å²) in [6, 6.07) is 16.7. The lowest BCUT2D eigenvalue weighted by atomic mass is 9.90. The summed E-state index contributed by atoms with van der Waals surface area (Å²) >= 11 is 0. The Labute approximate surface area is 249 Å². The maximum absolute atomic E-state index is 13.5. The molecule has 0 aliphatic heterocycles. The minimum Gasteiger partial charge on any atom is -0.481 e. The molecule has 4 rings (SSSR count). The standard InChI is InChI=1S/C34H46N2O6/c1-33(2,3)41-31(39)35-26-15-17-27(18-16-26)36(32(40)42-34(4,5)6)29-21-28(29)24-13-11-23(12-14-24)25-9-7-8-22(20-25)10-19-30(37)38/h7-9,11-14,20,26-29H,10,15-19,21H2,1-6H3,(H,35,39)(H,37,38)/t26-,27-,28-,29+/m0/s1. The van der Waals surface area contributed by atoms with Crippen molar-refractivity contribution in [3.8, 4) is 11.1 Å². The number of nitrogens with one attached hydrogen (secondary N) is 1. The van der Waals surface area contributed by atoms with Gasteiger partial charge in [0.05, 0.1) is 0 Å². The largest absolute Gasteiger partial charge is 0.481 e. The zero-order valence-corrected chi connectivity index (χ0v) is 25.8. The van der Waals surface area contributed by atoms with Crippen LogP contribution in [-0.2, 0) is 20.7 Å². The van der Waals surface area contributed by atoms with E-state index in [4.69, 9.17) is 14.6 Å². The van der Waals surface area contributed by atoms with Crippen LogP contribution >= 0.6 is 0 Å². The smallest absolute Gasteiger partial charge is 0.410 e. The number of benzene rings is 2. The topological polar surface area (TPSA) is 105 Å². The Morgan fingerprint density at radius 3 is 2.12 bits per heavy atom. The van der Waals surface area contributed by atoms with Gasteiger partial charge < -0.3 is 24.8 Å². The van der Waals surface area contributed by atoms with E-state index >= 15 is 0 Å². The Morgan fingerprint density at radius 1 is 0.881 bits per heavy atom. The van der Waals surface area contributed by atoms with Crippen molar-refractivity contribution in [3.63, 3.8) is 0 Å². The summed E-state index contributed by atoms with van der Waals surface area (Å²) in [4.78, 5) is 38.7. The lowest BCUT2D eigenvalue weighted by Crippen LogP contribution is -2.49. The molecule has 228 valence electrons. The molecule has 42 heavy (non-hydrogen) atoms. The molecule has 2 fully saturated rings. The van der Waals surface area contributed by atoms with Gasteiger partial charge in [0.15, 0.2) is 0 Å². The third-order valence-corrected chi connectivity index (χ3v) is 7.76. The Kier molecular flexibility index (Phi) is 9.53. The first-order valence-electron chi connectivity index (χ1n) is 15.1. The van der Waals surface area contributed by atoms with Crippen molar-refractivity contribution in [2.75, 3.05) is 0 Å². The van der Waals surface area contributed by atoms with Crippen LogP contribution in [0.5, 0.6) is 0 Å². The molecule has 0 heterocycles. The zero-order valence-electron chi connectivity index (χ0n) is 25.8. The summed E-state index contributed by atoms with van der Waals surface area (Å²) in [5.74, 6) is -0.555. The number of hydrogen-bond acceptors (Lipinski definition) is 5. The third-order valence-electron chi connectivity index (χ3n) is 7.76. The molecule has 0 bridgehead atoms. The van der Waals surface area contributed by atoms with Crippen molar-refractivity contribution in [2.24, 2.45) is 0 Å². The molecule has 2 amide bonds. The number of ether oxygens (including phenoxy) is 2. The van der Waals surface area contributed by atoms with Crippen LogP contribution in [-0.4, -0.2) is 57.5 Å². The highest BCUT2D eigenvalue weighted by Gasteiger charge is 2.49. The predicted molar refractivity (Wildman–Crippen MR) is 162 cm³/mol. The van der Waals surface area contributed by atoms with Crippen molar-refractivity contribution in [1.29, 1.82) is 0 Å². The molecule has 2 aromatic carbocycles. The number of carboxylic acids is 1. The van der Waals surface area contributed by atoms with Crippen LogP contribution in [0.15, 0.2) is 48.5 Å². The van der Waals surface area contributed by atoms with E-state index in [0.717, 1.165) is 48.8 Å². The fourth-order valence-corrected chi connectivity index (χ4v) is 5.77. The number of carbonyl (C=O) groups is 3. The average Bonchev–Trinajstić information content (AvgIpc) is 3.67. The predicted octanol–water partition coefficient (Wildman–Crippen LogP) is 7.30. The van der Waals surface area contributed by atoms with Gasteiger partial charge in [-0.25, -0.2) is 9.59 Å². The molecule has 2 aliphatic rings. The molecule has 0 aromatic heterocycles. The van der Waals surface area contributed by atoms with Gasteiger partial charge in [-0.2, -0.15) is 0 Å². The first kappa shape index (κ1) is 31.4. The van der Waals surface area contributed by atoms with Crippen molar-refractivity contribution in [1.82, 2.24) is 10.2 Å². The van der Waals surface area contributed by atoms with Crippen molar-refractivity contribution in [3.05, 3.63) is 59.7 Å². The Hall–Kier alpha value is -3.55. The van der Waals surface area contributed by atoms with Crippen molar-refractivity contribution < 1.29 is 29.0 Å². The lowest BCUT2D eigenvalue weighted by molar-refractivity contribution is -0.136. The summed E-state index contributed by atoms with van der Waals surface area (Å²) < 4.78 is 11.3. The Morgan fingerprint density at radius 2 is 1.52 bits per heavy atom. The van der Waals surface area contributed by atoms with Crippen molar-refractivity contribution >= 4 is 18.2 Å². The van der Waals surface area contributed by atoms with E-state index in [0.29, 0.717) is 6.42 Å². The van der Waals surface area contributed by atoms with E-state index < -0.39 is 23.3 Å². The van der Waals surface area contributed by atoms with Gasteiger partial charge in [0.2, 0.25) is 0 Å². The number of carboxylic acid groups (broad SMARTS) is 1. The fourth-order valence-electron chi connectivity index (χ4n) is 5.77. The molecule has 2 saturated carbocycles. The van der Waals surface area contributed by atoms with Gasteiger partial charge in [-0.05, 0) is 102 Å². The second-order valence-corrected chi connectivity index (χ2v) is 13.7. The highest BCUT2D eigenvalue weighted by molar-refractivity contribution is 5.71. The average molecular weight is 579 g/mol. The van der Waals surface area contributed by atoms with Gasteiger partial charge in [-0.15, -0.1) is 0 Å². The molecule has 2 aliphatic carbocycles. The molecule has 8 nitrogen and oxygen atoms in total. The van der Waals surface area contributed by atoms with E-state index in [2.05, 4.69) is 35.6 Å². The number of amides is 2. The quantitative estimate of drug-likeness (QED) is 0.341. The number of nitrogens with zero attached hydrogens (tertiary/aromatic N) is 1. The van der Waals surface area contributed by atoms with E-state index in [-0.39, 0.29) is 36.6 Å². The number of hydrogen-bond donors (Lipinski definition) is 2. The maximum atomic E-state index is 13.5. The van der Waals surface area contributed by atoms with E-state index in [1.807, 2.05) is 64.6 Å². The summed E-state index contributed by atoms with van der Waals surface area (Å²) in [7, 11) is 0. The van der Waals surface area contributed by atoms with E-state index in [1.165, 1.54) is 5.56 Å². The second kappa shape index (κ2) is 12.8. The minimum atomic E-state index is -0.797. The molecule has 2 aromatic rings. The molecule has 0 unspecified atom stereocenters.